The van der Waals surface area contributed by atoms with Crippen molar-refractivity contribution < 1.29 is 23.4 Å². The summed E-state index contributed by atoms with van der Waals surface area (Å²) >= 11 is 2.83. The van der Waals surface area contributed by atoms with E-state index < -0.39 is 38.0 Å². The lowest BCUT2D eigenvalue weighted by Crippen LogP contribution is -2.67. The number of hydrogen-bond donors (Lipinski definition) is 2. The summed E-state index contributed by atoms with van der Waals surface area (Å²) in [4.78, 5) is 15.8. The number of carbonyl (C=O) groups is 1. The van der Waals surface area contributed by atoms with Crippen LogP contribution in [0.3, 0.4) is 0 Å². The van der Waals surface area contributed by atoms with Crippen molar-refractivity contribution in [2.45, 2.75) is 81.1 Å². The van der Waals surface area contributed by atoms with Crippen LogP contribution < -0.4 is 0 Å². The minimum Gasteiger partial charge on any atom is -0.393 e. The molecule has 8 unspecified atom stereocenters. The van der Waals surface area contributed by atoms with Crippen LogP contribution in [-0.4, -0.2) is 53.5 Å². The molecule has 254 valence electrons. The number of ketones is 1. The van der Waals surface area contributed by atoms with Gasteiger partial charge in [-0.25, -0.2) is 8.42 Å². The molecule has 0 aliphatic heterocycles. The first kappa shape index (κ1) is 32.8. The third kappa shape index (κ3) is 4.50. The Balaban J connectivity index is 1.21. The molecule has 3 fully saturated rings. The van der Waals surface area contributed by atoms with E-state index >= 15 is 0 Å². The van der Waals surface area contributed by atoms with Crippen molar-refractivity contribution >= 4 is 38.5 Å². The van der Waals surface area contributed by atoms with Gasteiger partial charge < -0.3 is 10.2 Å². The van der Waals surface area contributed by atoms with Crippen LogP contribution in [0.25, 0.3) is 0 Å². The van der Waals surface area contributed by atoms with Crippen LogP contribution in [0.5, 0.6) is 0 Å². The van der Waals surface area contributed by atoms with Crippen LogP contribution in [-0.2, 0) is 16.4 Å². The van der Waals surface area contributed by atoms with Gasteiger partial charge in [0, 0.05) is 45.3 Å². The number of rotatable bonds is 9. The fourth-order valence-corrected chi connectivity index (χ4v) is 14.5. The van der Waals surface area contributed by atoms with Gasteiger partial charge in [-0.2, -0.15) is 4.31 Å². The predicted octanol–water partition coefficient (Wildman–Crippen LogP) is 7.52. The second kappa shape index (κ2) is 11.3. The fourth-order valence-electron chi connectivity index (χ4n) is 11.1. The maximum absolute atomic E-state index is 14.7. The zero-order valence-corrected chi connectivity index (χ0v) is 30.1. The average Bonchev–Trinajstić information content (AvgIpc) is 3.85. The molecule has 0 amide bonds. The lowest BCUT2D eigenvalue weighted by atomic mass is 9.32. The Labute approximate surface area is 292 Å². The molecule has 2 aromatic heterocycles. The first-order valence-electron chi connectivity index (χ1n) is 17.4. The number of aliphatic hydroxyl groups excluding tert-OH is 1. The third-order valence-corrected chi connectivity index (χ3v) is 17.9. The summed E-state index contributed by atoms with van der Waals surface area (Å²) in [6.07, 6.45) is 12.1. The number of carbonyl (C=O) groups excluding carboxylic acids is 1. The number of benzene rings is 1. The van der Waals surface area contributed by atoms with E-state index in [1.807, 2.05) is 47.8 Å². The van der Waals surface area contributed by atoms with Crippen molar-refractivity contribution in [2.75, 3.05) is 13.1 Å². The largest absolute Gasteiger partial charge is 0.393 e. The van der Waals surface area contributed by atoms with Gasteiger partial charge in [-0.05, 0) is 91.5 Å². The molecule has 9 rings (SSSR count). The lowest BCUT2D eigenvalue weighted by molar-refractivity contribution is -0.173. The van der Waals surface area contributed by atoms with E-state index in [4.69, 9.17) is 0 Å². The van der Waals surface area contributed by atoms with E-state index in [9.17, 15) is 23.4 Å². The van der Waals surface area contributed by atoms with Gasteiger partial charge >= 0.3 is 0 Å². The molecule has 3 saturated carbocycles. The van der Waals surface area contributed by atoms with Crippen LogP contribution in [0.4, 0.5) is 0 Å². The number of hydrogen-bond acceptors (Lipinski definition) is 7. The van der Waals surface area contributed by atoms with Crippen LogP contribution >= 0.6 is 22.7 Å². The summed E-state index contributed by atoms with van der Waals surface area (Å²) in [7, 11) is -3.84. The number of Topliss-reactive ketones (excluding diaryl/α,β-unsaturated/α-hetero) is 1. The minimum atomic E-state index is -3.84. The molecule has 3 aromatic rings. The van der Waals surface area contributed by atoms with Crippen LogP contribution in [0.1, 0.15) is 74.0 Å². The molecule has 0 saturated heterocycles. The van der Waals surface area contributed by atoms with Gasteiger partial charge in [0.2, 0.25) is 0 Å². The van der Waals surface area contributed by atoms with Gasteiger partial charge in [0.1, 0.15) is 4.21 Å². The summed E-state index contributed by atoms with van der Waals surface area (Å²) in [5.41, 5.74) is -1.54. The van der Waals surface area contributed by atoms with Crippen LogP contribution in [0, 0.1) is 33.5 Å². The smallest absolute Gasteiger partial charge is 0.252 e. The van der Waals surface area contributed by atoms with Gasteiger partial charge in [-0.1, -0.05) is 74.5 Å². The number of aliphatic hydroxyl groups is 2. The van der Waals surface area contributed by atoms with Crippen molar-refractivity contribution in [1.29, 1.82) is 0 Å². The number of allylic oxidation sites excluding steroid dienone is 4. The highest BCUT2D eigenvalue weighted by Crippen LogP contribution is 2.78. The quantitative estimate of drug-likeness (QED) is 0.178. The first-order chi connectivity index (χ1) is 22.9. The molecular formula is C39H45NO5S3. The van der Waals surface area contributed by atoms with Crippen molar-refractivity contribution in [3.8, 4) is 0 Å². The van der Waals surface area contributed by atoms with E-state index in [0.717, 1.165) is 36.1 Å². The monoisotopic (exact) mass is 703 g/mol. The highest BCUT2D eigenvalue weighted by Gasteiger charge is 2.74. The van der Waals surface area contributed by atoms with E-state index in [-0.39, 0.29) is 36.1 Å². The zero-order chi connectivity index (χ0) is 33.6. The maximum atomic E-state index is 14.7. The molecule has 2 heterocycles. The summed E-state index contributed by atoms with van der Waals surface area (Å²) in [5.74, 6) is 0.166. The topological polar surface area (TPSA) is 94.9 Å². The number of fused-ring (bicyclic) bond motifs is 1. The molecule has 6 nitrogen and oxygen atoms in total. The Morgan fingerprint density at radius 3 is 2.33 bits per heavy atom. The molecule has 6 aliphatic carbocycles. The second-order valence-electron chi connectivity index (χ2n) is 15.6. The number of sulfonamides is 1. The van der Waals surface area contributed by atoms with Crippen molar-refractivity contribution in [3.63, 3.8) is 0 Å². The average molecular weight is 704 g/mol. The van der Waals surface area contributed by atoms with Crippen molar-refractivity contribution in [3.05, 3.63) is 99.6 Å². The highest BCUT2D eigenvalue weighted by molar-refractivity contribution is 7.91. The Morgan fingerprint density at radius 1 is 0.896 bits per heavy atom. The molecule has 6 aliphatic rings. The van der Waals surface area contributed by atoms with E-state index in [0.29, 0.717) is 35.5 Å². The normalized spacial score (nSPS) is 38.4. The molecule has 48 heavy (non-hydrogen) atoms. The van der Waals surface area contributed by atoms with Crippen molar-refractivity contribution in [2.24, 2.45) is 33.5 Å². The Bertz CT molecular complexity index is 1870. The van der Waals surface area contributed by atoms with Gasteiger partial charge in [0.15, 0.2) is 5.78 Å². The standard InChI is InChI=1S/C39H45NO5S3/c1-35-16-12-28(41)24-37(35)19-20-39(30(25-37)34(42)27-8-4-3-5-9-27)31(35)13-17-36(2)32(39)14-18-38(36,43)26-40(21-15-29-10-6-22-46-29)48(44,45)33-11-7-23-47-33/h3-11,19-20,22-23,25,28,31-32,41,43H,12-18,21,24,26H2,1-2H3. The zero-order valence-electron chi connectivity index (χ0n) is 27.7. The molecule has 2 N–H and O–H groups in total. The summed E-state index contributed by atoms with van der Waals surface area (Å²) in [5, 5.41) is 27.7. The van der Waals surface area contributed by atoms with Crippen LogP contribution in [0.2, 0.25) is 0 Å². The van der Waals surface area contributed by atoms with Gasteiger partial charge in [0.25, 0.3) is 10.0 Å². The molecule has 8 atom stereocenters. The molecule has 1 aromatic carbocycles. The summed E-state index contributed by atoms with van der Waals surface area (Å²) < 4.78 is 30.2. The first-order valence-corrected chi connectivity index (χ1v) is 20.6. The maximum Gasteiger partial charge on any atom is 0.252 e. The van der Waals surface area contributed by atoms with Gasteiger partial charge in [0.05, 0.1) is 11.7 Å². The van der Waals surface area contributed by atoms with Crippen LogP contribution in [0.15, 0.2) is 93.4 Å². The predicted molar refractivity (Wildman–Crippen MR) is 190 cm³/mol. The third-order valence-electron chi connectivity index (χ3n) is 13.7. The summed E-state index contributed by atoms with van der Waals surface area (Å²) in [6.45, 7) is 4.87. The molecule has 2 spiro atoms. The molecular weight excluding hydrogens is 659 g/mol. The van der Waals surface area contributed by atoms with E-state index in [1.54, 1.807) is 28.8 Å². The SMILES string of the molecule is CC12CCC(O)CC13C=CC1(C(C(=O)c4ccccc4)=C3)C2CCC2(C)C1CCC2(O)CN(CCc1cccs1)S(=O)(=O)c1cccs1. The van der Waals surface area contributed by atoms with E-state index in [1.165, 1.54) is 15.6 Å². The molecule has 2 bridgehead atoms. The Kier molecular flexibility index (Phi) is 7.72. The van der Waals surface area contributed by atoms with Gasteiger partial charge in [-0.3, -0.25) is 4.79 Å². The fraction of sp³-hybridized carbons (Fsp3) is 0.513. The Hall–Kier alpha value is -2.40. The summed E-state index contributed by atoms with van der Waals surface area (Å²) in [6, 6.07) is 17.0. The number of thiophene rings is 2. The highest BCUT2D eigenvalue weighted by atomic mass is 32.2. The lowest BCUT2D eigenvalue weighted by Gasteiger charge is -2.71. The van der Waals surface area contributed by atoms with Crippen molar-refractivity contribution in [1.82, 2.24) is 4.31 Å². The minimum absolute atomic E-state index is 0.0230. The second-order valence-corrected chi connectivity index (χ2v) is 19.8. The molecule has 9 heteroatoms. The van der Waals surface area contributed by atoms with Gasteiger partial charge in [-0.15, -0.1) is 22.7 Å². The Morgan fingerprint density at radius 2 is 1.60 bits per heavy atom. The molecule has 0 radical (unpaired) electrons. The number of nitrogens with zero attached hydrogens (tertiary/aromatic N) is 1. The van der Waals surface area contributed by atoms with E-state index in [2.05, 4.69) is 32.1 Å².